The van der Waals surface area contributed by atoms with Crippen molar-refractivity contribution in [3.8, 4) is 5.75 Å². The van der Waals surface area contributed by atoms with E-state index in [0.717, 1.165) is 4.47 Å². The summed E-state index contributed by atoms with van der Waals surface area (Å²) in [5.74, 6) is -0.876. The summed E-state index contributed by atoms with van der Waals surface area (Å²) in [5.41, 5.74) is 3.94. The van der Waals surface area contributed by atoms with Gasteiger partial charge in [0, 0.05) is 10.0 Å². The molecule has 0 aliphatic heterocycles. The molecule has 0 aliphatic rings. The number of esters is 1. The fraction of sp³-hybridized carbons (Fsp3) is 0.0435. The molecule has 0 saturated heterocycles. The molecule has 0 bridgehead atoms. The molecular weight excluding hydrogens is 462 g/mol. The van der Waals surface area contributed by atoms with Gasteiger partial charge in [0.05, 0.1) is 18.3 Å². The van der Waals surface area contributed by atoms with Crippen molar-refractivity contribution < 1.29 is 19.1 Å². The summed E-state index contributed by atoms with van der Waals surface area (Å²) in [7, 11) is 0. The lowest BCUT2D eigenvalue weighted by molar-refractivity contribution is -0.120. The van der Waals surface area contributed by atoms with Crippen LogP contribution in [0.15, 0.2) is 88.4 Å². The number of carbonyl (C=O) groups excluding carboxylic acids is 3. The first-order valence-corrected chi connectivity index (χ1v) is 10.0. The zero-order valence-corrected chi connectivity index (χ0v) is 17.8. The highest BCUT2D eigenvalue weighted by atomic mass is 79.9. The molecule has 2 N–H and O–H groups in total. The topological polar surface area (TPSA) is 96.9 Å². The van der Waals surface area contributed by atoms with Crippen molar-refractivity contribution in [1.29, 1.82) is 0 Å². The summed E-state index contributed by atoms with van der Waals surface area (Å²) in [4.78, 5) is 35.9. The first kappa shape index (κ1) is 21.9. The van der Waals surface area contributed by atoms with Crippen molar-refractivity contribution >= 4 is 39.9 Å². The largest absolute Gasteiger partial charge is 0.423 e. The highest BCUT2D eigenvalue weighted by Crippen LogP contribution is 2.14. The van der Waals surface area contributed by atoms with Crippen LogP contribution >= 0.6 is 15.9 Å². The maximum atomic E-state index is 12.0. The zero-order valence-electron chi connectivity index (χ0n) is 16.2. The minimum Gasteiger partial charge on any atom is -0.423 e. The number of hydrogen-bond donors (Lipinski definition) is 2. The Labute approximate surface area is 187 Å². The number of rotatable bonds is 7. The van der Waals surface area contributed by atoms with E-state index >= 15 is 0 Å². The first-order valence-electron chi connectivity index (χ1n) is 9.24. The molecule has 3 aromatic carbocycles. The number of hydrazone groups is 1. The Morgan fingerprint density at radius 2 is 1.61 bits per heavy atom. The first-order chi connectivity index (χ1) is 15.0. The molecule has 3 aromatic rings. The second kappa shape index (κ2) is 10.8. The predicted octanol–water partition coefficient (Wildman–Crippen LogP) is 3.55. The normalized spacial score (nSPS) is 10.5. The molecule has 156 valence electrons. The van der Waals surface area contributed by atoms with Crippen molar-refractivity contribution in [3.05, 3.63) is 100 Å². The number of nitrogens with zero attached hydrogens (tertiary/aromatic N) is 1. The van der Waals surface area contributed by atoms with Crippen molar-refractivity contribution in [3.63, 3.8) is 0 Å². The van der Waals surface area contributed by atoms with Gasteiger partial charge in [-0.25, -0.2) is 10.2 Å². The standard InChI is InChI=1S/C23H18BrN3O4/c24-19-8-4-7-18(13-19)22(29)25-15-21(28)27-26-14-16-9-11-20(12-10-16)31-23(30)17-5-2-1-3-6-17/h1-14H,15H2,(H,25,29)(H,27,28)/b26-14-. The van der Waals surface area contributed by atoms with Gasteiger partial charge in [0.2, 0.25) is 0 Å². The number of nitrogens with one attached hydrogen (secondary N) is 2. The third-order valence-corrected chi connectivity index (χ3v) is 4.49. The Kier molecular flexibility index (Phi) is 7.67. The molecule has 0 spiro atoms. The molecule has 7 nitrogen and oxygen atoms in total. The highest BCUT2D eigenvalue weighted by molar-refractivity contribution is 9.10. The number of benzene rings is 3. The molecule has 0 aliphatic carbocycles. The number of halogens is 1. The van der Waals surface area contributed by atoms with E-state index in [1.54, 1.807) is 72.8 Å². The summed E-state index contributed by atoms with van der Waals surface area (Å²) in [6.45, 7) is -0.211. The second-order valence-electron chi connectivity index (χ2n) is 6.31. The molecule has 3 rings (SSSR count). The summed E-state index contributed by atoms with van der Waals surface area (Å²) in [6.07, 6.45) is 1.44. The molecule has 2 amide bonds. The van der Waals surface area contributed by atoms with Crippen LogP contribution in [-0.4, -0.2) is 30.5 Å². The molecule has 0 saturated carbocycles. The molecular formula is C23H18BrN3O4. The van der Waals surface area contributed by atoms with Gasteiger partial charge in [-0.2, -0.15) is 5.10 Å². The minimum absolute atomic E-state index is 0.211. The smallest absolute Gasteiger partial charge is 0.343 e. The fourth-order valence-electron chi connectivity index (χ4n) is 2.47. The van der Waals surface area contributed by atoms with E-state index in [-0.39, 0.29) is 12.5 Å². The fourth-order valence-corrected chi connectivity index (χ4v) is 2.87. The van der Waals surface area contributed by atoms with Crippen LogP contribution < -0.4 is 15.5 Å². The number of carbonyl (C=O) groups is 3. The van der Waals surface area contributed by atoms with E-state index in [1.807, 2.05) is 6.07 Å². The van der Waals surface area contributed by atoms with Crippen LogP contribution in [0.2, 0.25) is 0 Å². The highest BCUT2D eigenvalue weighted by Gasteiger charge is 2.08. The van der Waals surface area contributed by atoms with E-state index in [9.17, 15) is 14.4 Å². The van der Waals surface area contributed by atoms with E-state index in [4.69, 9.17) is 4.74 Å². The van der Waals surface area contributed by atoms with Crippen LogP contribution in [0.1, 0.15) is 26.3 Å². The van der Waals surface area contributed by atoms with Gasteiger partial charge in [-0.05, 0) is 60.2 Å². The molecule has 0 aromatic heterocycles. The zero-order chi connectivity index (χ0) is 22.1. The Hall–Kier alpha value is -3.78. The monoisotopic (exact) mass is 479 g/mol. The van der Waals surface area contributed by atoms with Gasteiger partial charge < -0.3 is 10.1 Å². The Morgan fingerprint density at radius 3 is 2.32 bits per heavy atom. The van der Waals surface area contributed by atoms with Crippen molar-refractivity contribution in [1.82, 2.24) is 10.7 Å². The quantitative estimate of drug-likeness (QED) is 0.234. The Bertz CT molecular complexity index is 1100. The lowest BCUT2D eigenvalue weighted by Gasteiger charge is -2.05. The van der Waals surface area contributed by atoms with Crippen molar-refractivity contribution in [2.75, 3.05) is 6.54 Å². The van der Waals surface area contributed by atoms with Crippen LogP contribution in [0.4, 0.5) is 0 Å². The van der Waals surface area contributed by atoms with E-state index < -0.39 is 11.9 Å². The van der Waals surface area contributed by atoms with Gasteiger partial charge in [-0.1, -0.05) is 40.2 Å². The van der Waals surface area contributed by atoms with Crippen LogP contribution in [0.3, 0.4) is 0 Å². The van der Waals surface area contributed by atoms with E-state index in [1.165, 1.54) is 6.21 Å². The van der Waals surface area contributed by atoms with Gasteiger partial charge in [-0.3, -0.25) is 9.59 Å². The third kappa shape index (κ3) is 6.90. The lowest BCUT2D eigenvalue weighted by Crippen LogP contribution is -2.34. The van der Waals surface area contributed by atoms with E-state index in [0.29, 0.717) is 22.4 Å². The van der Waals surface area contributed by atoms with Crippen LogP contribution in [0, 0.1) is 0 Å². The molecule has 0 radical (unpaired) electrons. The summed E-state index contributed by atoms with van der Waals surface area (Å²) >= 11 is 3.29. The maximum Gasteiger partial charge on any atom is 0.343 e. The Balaban J connectivity index is 1.44. The van der Waals surface area contributed by atoms with Crippen LogP contribution in [0.5, 0.6) is 5.75 Å². The molecule has 31 heavy (non-hydrogen) atoms. The average Bonchev–Trinajstić information content (AvgIpc) is 2.79. The minimum atomic E-state index is -0.465. The molecule has 0 heterocycles. The number of ether oxygens (including phenoxy) is 1. The van der Waals surface area contributed by atoms with Gasteiger partial charge in [0.15, 0.2) is 0 Å². The number of amides is 2. The lowest BCUT2D eigenvalue weighted by atomic mass is 10.2. The van der Waals surface area contributed by atoms with E-state index in [2.05, 4.69) is 31.8 Å². The van der Waals surface area contributed by atoms with Crippen LogP contribution in [-0.2, 0) is 4.79 Å². The molecule has 0 atom stereocenters. The maximum absolute atomic E-state index is 12.0. The van der Waals surface area contributed by atoms with Crippen molar-refractivity contribution in [2.45, 2.75) is 0 Å². The summed E-state index contributed by atoms with van der Waals surface area (Å²) in [6, 6.07) is 22.2. The molecule has 0 unspecified atom stereocenters. The number of hydrogen-bond acceptors (Lipinski definition) is 5. The van der Waals surface area contributed by atoms with Crippen LogP contribution in [0.25, 0.3) is 0 Å². The molecule has 0 fully saturated rings. The summed E-state index contributed by atoms with van der Waals surface area (Å²) in [5, 5.41) is 6.37. The predicted molar refractivity (Wildman–Crippen MR) is 120 cm³/mol. The third-order valence-electron chi connectivity index (χ3n) is 4.00. The second-order valence-corrected chi connectivity index (χ2v) is 7.23. The SMILES string of the molecule is O=C(CNC(=O)c1cccc(Br)c1)N/N=C\c1ccc(OC(=O)c2ccccc2)cc1. The van der Waals surface area contributed by atoms with Gasteiger partial charge >= 0.3 is 5.97 Å². The molecule has 8 heteroatoms. The van der Waals surface area contributed by atoms with Gasteiger partial charge in [0.1, 0.15) is 5.75 Å². The Morgan fingerprint density at radius 1 is 0.903 bits per heavy atom. The summed E-state index contributed by atoms with van der Waals surface area (Å²) < 4.78 is 6.07. The van der Waals surface area contributed by atoms with Gasteiger partial charge in [0.25, 0.3) is 11.8 Å². The van der Waals surface area contributed by atoms with Crippen molar-refractivity contribution in [2.24, 2.45) is 5.10 Å². The average molecular weight is 480 g/mol. The van der Waals surface area contributed by atoms with Gasteiger partial charge in [-0.15, -0.1) is 0 Å².